The number of aromatic amines is 2. The van der Waals surface area contributed by atoms with Gasteiger partial charge in [-0.15, -0.1) is 9.05 Å². The summed E-state index contributed by atoms with van der Waals surface area (Å²) in [7, 11) is 0.305. The van der Waals surface area contributed by atoms with Crippen LogP contribution in [-0.2, 0) is 37.2 Å². The van der Waals surface area contributed by atoms with Crippen molar-refractivity contribution in [3.63, 3.8) is 0 Å². The first-order chi connectivity index (χ1) is 20.8. The number of ether oxygens (including phenoxy) is 2. The molecule has 2 fully saturated rings. The fraction of sp³-hybridized carbons (Fsp3) is 0.545. The van der Waals surface area contributed by atoms with Gasteiger partial charge in [-0.25, -0.2) is 9.13 Å². The molecule has 4 aromatic heterocycles. The first-order valence-electron chi connectivity index (χ1n) is 13.1. The number of nitrogens with one attached hydrogen (secondary N) is 2. The SMILES string of the molecule is Cn1c[n+]([C@@H]2O[C@H](CO[P+](=O)OC[C@H]3O[C@@H]([n+]4cn(C)c5c(=O)[nH]c(N)nc54)C(O)[C@H]3O)[C@H](O)C2O)c2nc(N)[nH]c(=O)c21. The molecule has 0 spiro atoms. The fourth-order valence-electron chi connectivity index (χ4n) is 5.41. The highest BCUT2D eigenvalue weighted by Crippen LogP contribution is 2.33. The van der Waals surface area contributed by atoms with Gasteiger partial charge in [0.25, 0.3) is 23.0 Å². The van der Waals surface area contributed by atoms with E-state index in [1.807, 2.05) is 0 Å². The van der Waals surface area contributed by atoms with Crippen LogP contribution < -0.4 is 31.7 Å². The number of fused-ring (bicyclic) bond motifs is 2. The highest BCUT2D eigenvalue weighted by molar-refractivity contribution is 7.33. The number of aliphatic hydroxyl groups excluding tert-OH is 4. The zero-order chi connectivity index (χ0) is 31.6. The van der Waals surface area contributed by atoms with Crippen LogP contribution in [0.3, 0.4) is 0 Å². The lowest BCUT2D eigenvalue weighted by Crippen LogP contribution is -2.46. The van der Waals surface area contributed by atoms with Gasteiger partial charge in [0.05, 0.1) is 14.1 Å². The Bertz CT molecular complexity index is 1740. The average Bonchev–Trinajstić information content (AvgIpc) is 3.64. The Labute approximate surface area is 245 Å². The predicted molar refractivity (Wildman–Crippen MR) is 143 cm³/mol. The van der Waals surface area contributed by atoms with Crippen molar-refractivity contribution in [3.8, 4) is 0 Å². The Balaban J connectivity index is 1.08. The zero-order valence-electron chi connectivity index (χ0n) is 23.1. The second kappa shape index (κ2) is 11.2. The summed E-state index contributed by atoms with van der Waals surface area (Å²) < 4.78 is 40.0. The lowest BCUT2D eigenvalue weighted by Gasteiger charge is -2.11. The quantitative estimate of drug-likeness (QED) is 0.0661. The number of imidazole rings is 2. The van der Waals surface area contributed by atoms with E-state index in [0.29, 0.717) is 0 Å². The topological polar surface area (TPSA) is 296 Å². The van der Waals surface area contributed by atoms with Gasteiger partial charge in [-0.3, -0.25) is 28.7 Å². The molecule has 6 heterocycles. The second-order valence-electron chi connectivity index (χ2n) is 10.4. The maximum atomic E-state index is 12.5. The minimum Gasteiger partial charge on any atom is -0.387 e. The maximum absolute atomic E-state index is 12.5. The molecule has 0 radical (unpaired) electrons. The molecule has 236 valence electrons. The minimum atomic E-state index is -2.85. The third-order valence-corrected chi connectivity index (χ3v) is 8.21. The summed E-state index contributed by atoms with van der Waals surface area (Å²) in [6, 6.07) is 0. The molecule has 44 heavy (non-hydrogen) atoms. The molecule has 2 unspecified atom stereocenters. The molecule has 0 saturated carbocycles. The number of hydrogen-bond acceptors (Lipinski definition) is 15. The molecular formula is C22H30N10O11P+3. The standard InChI is InChI=1S/C22H28N10O11P/c1-29-5-31(15-9(29)17(37)27-21(23)25-15)19-13(35)11(33)7(42-19)3-40-44(39)41-4-8-12(34)14(36)20(43-8)32-6-30(2)10-16(32)26-22(24)28-18(10)38/h5-8,11-14,19-20,33-36H,3-4H2,1-2H3,(H4-2,23,24,25,26,27,28,37,38)/q+1/p+2/t7-,8-,11+,12+,13?,14?,19-,20-/m1/s1. The summed E-state index contributed by atoms with van der Waals surface area (Å²) in [5.74, 6) is -0.320. The third-order valence-electron chi connectivity index (χ3n) is 7.49. The molecule has 0 bridgehead atoms. The lowest BCUT2D eigenvalue weighted by molar-refractivity contribution is -0.746. The van der Waals surface area contributed by atoms with E-state index in [1.165, 1.54) is 30.9 Å². The van der Waals surface area contributed by atoms with Gasteiger partial charge in [-0.2, -0.15) is 0 Å². The second-order valence-corrected chi connectivity index (χ2v) is 11.4. The Morgan fingerprint density at radius 1 is 0.818 bits per heavy atom. The molecule has 0 aromatic carbocycles. The van der Waals surface area contributed by atoms with Crippen molar-refractivity contribution in [2.75, 3.05) is 24.7 Å². The van der Waals surface area contributed by atoms with E-state index in [9.17, 15) is 34.6 Å². The van der Waals surface area contributed by atoms with Gasteiger partial charge in [0.2, 0.25) is 23.5 Å². The van der Waals surface area contributed by atoms with E-state index >= 15 is 0 Å². The van der Waals surface area contributed by atoms with E-state index in [0.717, 1.165) is 0 Å². The van der Waals surface area contributed by atoms with E-state index in [2.05, 4.69) is 19.9 Å². The molecule has 10 N–H and O–H groups in total. The van der Waals surface area contributed by atoms with Gasteiger partial charge in [0.15, 0.2) is 12.7 Å². The zero-order valence-corrected chi connectivity index (χ0v) is 24.0. The van der Waals surface area contributed by atoms with E-state index in [1.54, 1.807) is 14.1 Å². The summed E-state index contributed by atoms with van der Waals surface area (Å²) in [5, 5.41) is 42.4. The Hall–Kier alpha value is -3.92. The number of nitrogens with zero attached hydrogens (tertiary/aromatic N) is 6. The third kappa shape index (κ3) is 5.02. The van der Waals surface area contributed by atoms with Crippen LogP contribution in [0.2, 0.25) is 0 Å². The van der Waals surface area contributed by atoms with E-state index in [-0.39, 0.29) is 34.2 Å². The van der Waals surface area contributed by atoms with Gasteiger partial charge in [-0.05, 0) is 0 Å². The van der Waals surface area contributed by atoms with Crippen LogP contribution in [0.15, 0.2) is 22.2 Å². The van der Waals surface area contributed by atoms with Crippen LogP contribution in [-0.4, -0.2) is 99.3 Å². The van der Waals surface area contributed by atoms with Crippen LogP contribution in [0.5, 0.6) is 0 Å². The number of nitrogens with two attached hydrogens (primary N) is 2. The molecule has 4 aromatic rings. The summed E-state index contributed by atoms with van der Waals surface area (Å²) in [4.78, 5) is 37.6. The Morgan fingerprint density at radius 3 is 1.59 bits per heavy atom. The number of H-pyrrole nitrogens is 2. The minimum absolute atomic E-state index is 0.101. The number of aromatic nitrogens is 8. The van der Waals surface area contributed by atoms with Crippen molar-refractivity contribution in [2.45, 2.75) is 49.1 Å². The number of aryl methyl sites for hydroxylation is 2. The van der Waals surface area contributed by atoms with Crippen LogP contribution in [0.4, 0.5) is 11.9 Å². The largest absolute Gasteiger partial charge is 0.697 e. The Morgan fingerprint density at radius 2 is 1.20 bits per heavy atom. The van der Waals surface area contributed by atoms with Gasteiger partial charge in [0, 0.05) is 4.57 Å². The summed E-state index contributed by atoms with van der Waals surface area (Å²) in [6.45, 7) is -0.948. The van der Waals surface area contributed by atoms with Gasteiger partial charge in [0.1, 0.15) is 49.8 Å². The summed E-state index contributed by atoms with van der Waals surface area (Å²) in [6.07, 6.45) is -7.75. The van der Waals surface area contributed by atoms with Crippen molar-refractivity contribution in [2.24, 2.45) is 14.1 Å². The molecule has 2 saturated heterocycles. The number of nitrogen functional groups attached to an aromatic ring is 2. The first kappa shape index (κ1) is 30.1. The number of aliphatic hydroxyl groups is 4. The summed E-state index contributed by atoms with van der Waals surface area (Å²) >= 11 is 0. The van der Waals surface area contributed by atoms with Crippen LogP contribution >= 0.6 is 8.25 Å². The van der Waals surface area contributed by atoms with Crippen molar-refractivity contribution in [1.82, 2.24) is 29.1 Å². The van der Waals surface area contributed by atoms with Crippen molar-refractivity contribution >= 4 is 42.5 Å². The van der Waals surface area contributed by atoms with Gasteiger partial charge in [-0.1, -0.05) is 9.97 Å². The highest BCUT2D eigenvalue weighted by atomic mass is 31.1. The molecule has 2 aliphatic heterocycles. The van der Waals surface area contributed by atoms with Crippen LogP contribution in [0.1, 0.15) is 12.5 Å². The number of hydrogen-bond donors (Lipinski definition) is 8. The van der Waals surface area contributed by atoms with Gasteiger partial charge < -0.3 is 41.4 Å². The van der Waals surface area contributed by atoms with Gasteiger partial charge >= 0.3 is 19.5 Å². The van der Waals surface area contributed by atoms with Crippen molar-refractivity contribution in [3.05, 3.63) is 33.4 Å². The fourth-order valence-corrected chi connectivity index (χ4v) is 6.02. The Kier molecular flexibility index (Phi) is 7.68. The van der Waals surface area contributed by atoms with Crippen LogP contribution in [0, 0.1) is 0 Å². The molecule has 0 amide bonds. The van der Waals surface area contributed by atoms with E-state index in [4.69, 9.17) is 30.0 Å². The lowest BCUT2D eigenvalue weighted by atomic mass is 10.1. The molecule has 21 nitrogen and oxygen atoms in total. The van der Waals surface area contributed by atoms with Crippen molar-refractivity contribution in [1.29, 1.82) is 0 Å². The molecule has 0 aliphatic carbocycles. The monoisotopic (exact) mass is 641 g/mol. The molecule has 6 rings (SSSR count). The molecule has 22 heteroatoms. The summed E-state index contributed by atoms with van der Waals surface area (Å²) in [5.41, 5.74) is 10.8. The molecular weight excluding hydrogens is 611 g/mol. The number of anilines is 2. The first-order valence-corrected chi connectivity index (χ1v) is 14.2. The predicted octanol–water partition coefficient (Wildman–Crippen LogP) is -4.79. The smallest absolute Gasteiger partial charge is 0.387 e. The average molecular weight is 642 g/mol. The molecule has 2 aliphatic rings. The normalized spacial score (nSPS) is 29.3. The van der Waals surface area contributed by atoms with Crippen molar-refractivity contribution < 1.29 is 52.6 Å². The number of rotatable bonds is 8. The highest BCUT2D eigenvalue weighted by Gasteiger charge is 2.50. The maximum Gasteiger partial charge on any atom is 0.697 e. The van der Waals surface area contributed by atoms with Crippen LogP contribution in [0.25, 0.3) is 22.3 Å². The van der Waals surface area contributed by atoms with E-state index < -0.39 is 81.7 Å². The molecule has 8 atom stereocenters.